The number of hydrogen-bond donors (Lipinski definition) is 0. The number of morpholine rings is 1. The summed E-state index contributed by atoms with van der Waals surface area (Å²) in [5, 5.41) is 3.90. The summed E-state index contributed by atoms with van der Waals surface area (Å²) in [6.07, 6.45) is 1.94. The number of hydrogen-bond acceptors (Lipinski definition) is 5. The van der Waals surface area contributed by atoms with Gasteiger partial charge in [0.15, 0.2) is 6.29 Å². The summed E-state index contributed by atoms with van der Waals surface area (Å²) in [6.45, 7) is 1.21. The van der Waals surface area contributed by atoms with Crippen molar-refractivity contribution in [2.75, 3.05) is 26.3 Å². The number of carbonyl (C=O) groups excluding carboxylic acids is 1. The molecule has 0 N–H and O–H groups in total. The van der Waals surface area contributed by atoms with Crippen LogP contribution in [0.15, 0.2) is 41.6 Å². The highest BCUT2D eigenvalue weighted by Gasteiger charge is 2.31. The summed E-state index contributed by atoms with van der Waals surface area (Å²) in [5.41, 5.74) is 0.740. The average Bonchev–Trinajstić information content (AvgIpc) is 3.02. The van der Waals surface area contributed by atoms with Crippen LogP contribution in [0.4, 0.5) is 0 Å². The Kier molecular flexibility index (Phi) is 4.06. The van der Waals surface area contributed by atoms with Gasteiger partial charge in [0.25, 0.3) is 10.0 Å². The number of carbonyl (C=O) groups is 1. The average molecular weight is 321 g/mol. The quantitative estimate of drug-likeness (QED) is 0.775. The summed E-state index contributed by atoms with van der Waals surface area (Å²) >= 11 is 0. The summed E-state index contributed by atoms with van der Waals surface area (Å²) < 4.78 is 33.1. The molecular weight excluding hydrogens is 306 g/mol. The molecule has 0 amide bonds. The maximum Gasteiger partial charge on any atom is 0.263 e. The third-order valence-electron chi connectivity index (χ3n) is 3.41. The zero-order valence-electron chi connectivity index (χ0n) is 11.8. The summed E-state index contributed by atoms with van der Waals surface area (Å²) in [7, 11) is -3.80. The smallest absolute Gasteiger partial charge is 0.263 e. The predicted molar refractivity (Wildman–Crippen MR) is 78.5 cm³/mol. The number of aromatic nitrogens is 2. The first-order valence-corrected chi connectivity index (χ1v) is 8.25. The standard InChI is InChI=1S/C14H15N3O4S/c18-11-12-10-17(13-4-2-1-3-5-13)15-14(12)22(19,20)16-6-8-21-9-7-16/h1-5,10-11H,6-9H2. The Morgan fingerprint density at radius 1 is 1.14 bits per heavy atom. The minimum absolute atomic E-state index is 0.0512. The van der Waals surface area contributed by atoms with Crippen molar-refractivity contribution in [3.05, 3.63) is 42.1 Å². The van der Waals surface area contributed by atoms with E-state index in [0.717, 1.165) is 0 Å². The van der Waals surface area contributed by atoms with Crippen molar-refractivity contribution in [3.8, 4) is 5.69 Å². The van der Waals surface area contributed by atoms with Crippen LogP contribution in [-0.4, -0.2) is 55.1 Å². The second kappa shape index (κ2) is 5.99. The molecule has 1 aliphatic rings. The molecule has 3 rings (SSSR count). The van der Waals surface area contributed by atoms with E-state index in [1.165, 1.54) is 15.2 Å². The number of nitrogens with zero attached hydrogens (tertiary/aromatic N) is 3. The van der Waals surface area contributed by atoms with Crippen molar-refractivity contribution >= 4 is 16.3 Å². The van der Waals surface area contributed by atoms with Gasteiger partial charge in [-0.25, -0.2) is 13.1 Å². The maximum absolute atomic E-state index is 12.6. The molecule has 0 unspecified atom stereocenters. The molecule has 1 aromatic heterocycles. The van der Waals surface area contributed by atoms with Crippen LogP contribution in [0.2, 0.25) is 0 Å². The van der Waals surface area contributed by atoms with Crippen LogP contribution in [0, 0.1) is 0 Å². The van der Waals surface area contributed by atoms with E-state index in [0.29, 0.717) is 25.2 Å². The molecule has 0 atom stereocenters. The zero-order valence-corrected chi connectivity index (χ0v) is 12.6. The molecule has 1 aliphatic heterocycles. The molecule has 7 nitrogen and oxygen atoms in total. The largest absolute Gasteiger partial charge is 0.379 e. The highest BCUT2D eigenvalue weighted by molar-refractivity contribution is 7.89. The van der Waals surface area contributed by atoms with Gasteiger partial charge in [-0.3, -0.25) is 4.79 Å². The molecule has 1 fully saturated rings. The Hall–Kier alpha value is -2.03. The van der Waals surface area contributed by atoms with Gasteiger partial charge in [-0.1, -0.05) is 18.2 Å². The van der Waals surface area contributed by atoms with Gasteiger partial charge in [0.2, 0.25) is 5.03 Å². The van der Waals surface area contributed by atoms with Crippen molar-refractivity contribution in [1.82, 2.24) is 14.1 Å². The molecule has 0 saturated carbocycles. The molecule has 1 saturated heterocycles. The monoisotopic (exact) mass is 321 g/mol. The molecule has 116 valence electrons. The molecule has 1 aromatic carbocycles. The van der Waals surface area contributed by atoms with Gasteiger partial charge < -0.3 is 4.74 Å². The Morgan fingerprint density at radius 2 is 1.82 bits per heavy atom. The fourth-order valence-corrected chi connectivity index (χ4v) is 3.74. The minimum Gasteiger partial charge on any atom is -0.379 e. The van der Waals surface area contributed by atoms with Crippen LogP contribution in [0.25, 0.3) is 5.69 Å². The van der Waals surface area contributed by atoms with Gasteiger partial charge in [0.1, 0.15) is 0 Å². The number of ether oxygens (including phenoxy) is 1. The molecular formula is C14H15N3O4S. The maximum atomic E-state index is 12.6. The highest BCUT2D eigenvalue weighted by Crippen LogP contribution is 2.20. The Morgan fingerprint density at radius 3 is 2.45 bits per heavy atom. The predicted octanol–water partition coefficient (Wildman–Crippen LogP) is 0.706. The van der Waals surface area contributed by atoms with Crippen molar-refractivity contribution < 1.29 is 17.9 Å². The fraction of sp³-hybridized carbons (Fsp3) is 0.286. The lowest BCUT2D eigenvalue weighted by molar-refractivity contribution is 0.0729. The normalized spacial score (nSPS) is 16.5. The SMILES string of the molecule is O=Cc1cn(-c2ccccc2)nc1S(=O)(=O)N1CCOCC1. The first kappa shape index (κ1) is 14.9. The number of para-hydroxylation sites is 1. The number of sulfonamides is 1. The lowest BCUT2D eigenvalue weighted by atomic mass is 10.3. The summed E-state index contributed by atoms with van der Waals surface area (Å²) in [6, 6.07) is 9.04. The van der Waals surface area contributed by atoms with Crippen LogP contribution in [0.3, 0.4) is 0 Å². The molecule has 0 bridgehead atoms. The lowest BCUT2D eigenvalue weighted by Crippen LogP contribution is -2.41. The van der Waals surface area contributed by atoms with E-state index in [1.807, 2.05) is 18.2 Å². The van der Waals surface area contributed by atoms with Crippen molar-refractivity contribution in [1.29, 1.82) is 0 Å². The van der Waals surface area contributed by atoms with Gasteiger partial charge >= 0.3 is 0 Å². The second-order valence-electron chi connectivity index (χ2n) is 4.80. The van der Waals surface area contributed by atoms with Crippen LogP contribution in [-0.2, 0) is 14.8 Å². The van der Waals surface area contributed by atoms with Gasteiger partial charge in [-0.05, 0) is 12.1 Å². The number of rotatable bonds is 4. The van der Waals surface area contributed by atoms with Gasteiger partial charge in [0.05, 0.1) is 24.5 Å². The summed E-state index contributed by atoms with van der Waals surface area (Å²) in [4.78, 5) is 11.2. The van der Waals surface area contributed by atoms with Crippen LogP contribution in [0.1, 0.15) is 10.4 Å². The van der Waals surface area contributed by atoms with E-state index < -0.39 is 10.0 Å². The van der Waals surface area contributed by atoms with E-state index in [9.17, 15) is 13.2 Å². The molecule has 2 heterocycles. The molecule has 0 spiro atoms. The van der Waals surface area contributed by atoms with Crippen LogP contribution < -0.4 is 0 Å². The number of aldehydes is 1. The van der Waals surface area contributed by atoms with Crippen molar-refractivity contribution in [2.24, 2.45) is 0 Å². The van der Waals surface area contributed by atoms with E-state index >= 15 is 0 Å². The van der Waals surface area contributed by atoms with Gasteiger partial charge in [-0.2, -0.15) is 9.40 Å². The Balaban J connectivity index is 2.03. The molecule has 22 heavy (non-hydrogen) atoms. The van der Waals surface area contributed by atoms with E-state index in [4.69, 9.17) is 4.74 Å². The fourth-order valence-electron chi connectivity index (χ4n) is 2.28. The number of benzene rings is 1. The Bertz CT molecular complexity index is 765. The Labute approximate surface area is 128 Å². The van der Waals surface area contributed by atoms with Gasteiger partial charge in [0, 0.05) is 19.3 Å². The first-order valence-electron chi connectivity index (χ1n) is 6.81. The molecule has 0 radical (unpaired) electrons. The lowest BCUT2D eigenvalue weighted by Gasteiger charge is -2.25. The van der Waals surface area contributed by atoms with Crippen LogP contribution >= 0.6 is 0 Å². The first-order chi connectivity index (χ1) is 10.6. The highest BCUT2D eigenvalue weighted by atomic mass is 32.2. The van der Waals surface area contributed by atoms with E-state index in [2.05, 4.69) is 5.10 Å². The van der Waals surface area contributed by atoms with Crippen LogP contribution in [0.5, 0.6) is 0 Å². The van der Waals surface area contributed by atoms with Crippen molar-refractivity contribution in [3.63, 3.8) is 0 Å². The molecule has 8 heteroatoms. The summed E-state index contributed by atoms with van der Waals surface area (Å²) in [5.74, 6) is 0. The van der Waals surface area contributed by atoms with E-state index in [-0.39, 0.29) is 23.7 Å². The van der Waals surface area contributed by atoms with E-state index in [1.54, 1.807) is 12.1 Å². The topological polar surface area (TPSA) is 81.5 Å². The third-order valence-corrected chi connectivity index (χ3v) is 5.26. The van der Waals surface area contributed by atoms with Crippen molar-refractivity contribution in [2.45, 2.75) is 5.03 Å². The second-order valence-corrected chi connectivity index (χ2v) is 6.66. The zero-order chi connectivity index (χ0) is 15.6. The van der Waals surface area contributed by atoms with Gasteiger partial charge in [-0.15, -0.1) is 0 Å². The third kappa shape index (κ3) is 2.68. The minimum atomic E-state index is -3.80. The molecule has 2 aromatic rings. The molecule has 0 aliphatic carbocycles.